The van der Waals surface area contributed by atoms with E-state index in [0.29, 0.717) is 49.8 Å². The lowest BCUT2D eigenvalue weighted by atomic mass is 10.0. The number of piperidine rings is 1. The Morgan fingerprint density at radius 1 is 1.20 bits per heavy atom. The van der Waals surface area contributed by atoms with Gasteiger partial charge in [0.1, 0.15) is 0 Å². The van der Waals surface area contributed by atoms with Gasteiger partial charge in [-0.3, -0.25) is 0 Å². The number of hydrogen-bond donors (Lipinski definition) is 0. The maximum atomic E-state index is 12.8. The second kappa shape index (κ2) is 7.97. The van der Waals surface area contributed by atoms with Crippen molar-refractivity contribution in [1.29, 1.82) is 0 Å². The van der Waals surface area contributed by atoms with Crippen LogP contribution >= 0.6 is 11.6 Å². The number of hydrogen-bond acceptors (Lipinski definition) is 2. The molecule has 120 valence electrons. The zero-order valence-electron chi connectivity index (χ0n) is 13.2. The molecule has 1 aliphatic rings. The fraction of sp³-hybridized carbons (Fsp3) is 1.00. The Hall–Kier alpha value is 0.160. The largest absolute Gasteiger partial charge is 0.282 e. The Morgan fingerprint density at radius 3 is 2.20 bits per heavy atom. The van der Waals surface area contributed by atoms with Gasteiger partial charge in [0.15, 0.2) is 0 Å². The highest BCUT2D eigenvalue weighted by Crippen LogP contribution is 2.23. The van der Waals surface area contributed by atoms with E-state index in [2.05, 4.69) is 27.7 Å². The van der Waals surface area contributed by atoms with Crippen molar-refractivity contribution in [2.45, 2.75) is 40.5 Å². The first kappa shape index (κ1) is 18.2. The van der Waals surface area contributed by atoms with Gasteiger partial charge in [-0.1, -0.05) is 27.7 Å². The molecular weight excluding hydrogens is 296 g/mol. The molecule has 0 radical (unpaired) electrons. The van der Waals surface area contributed by atoms with Crippen LogP contribution in [0.1, 0.15) is 40.5 Å². The van der Waals surface area contributed by atoms with E-state index >= 15 is 0 Å². The molecule has 0 N–H and O–H groups in total. The van der Waals surface area contributed by atoms with Gasteiger partial charge in [-0.15, -0.1) is 11.6 Å². The van der Waals surface area contributed by atoms with Crippen LogP contribution in [0.4, 0.5) is 0 Å². The van der Waals surface area contributed by atoms with Crippen molar-refractivity contribution in [3.63, 3.8) is 0 Å². The van der Waals surface area contributed by atoms with E-state index in [-0.39, 0.29) is 0 Å². The summed E-state index contributed by atoms with van der Waals surface area (Å²) in [6.45, 7) is 10.6. The molecule has 6 heteroatoms. The lowest BCUT2D eigenvalue weighted by molar-refractivity contribution is 0.246. The summed E-state index contributed by atoms with van der Waals surface area (Å²) in [5.41, 5.74) is 0. The molecule has 0 aromatic carbocycles. The van der Waals surface area contributed by atoms with Crippen molar-refractivity contribution in [1.82, 2.24) is 8.61 Å². The Morgan fingerprint density at radius 2 is 1.75 bits per heavy atom. The smallest absolute Gasteiger partial charge is 0.195 e. The Balaban J connectivity index is 2.85. The van der Waals surface area contributed by atoms with Crippen LogP contribution < -0.4 is 0 Å². The number of rotatable bonds is 7. The minimum Gasteiger partial charge on any atom is -0.195 e. The van der Waals surface area contributed by atoms with Crippen molar-refractivity contribution in [3.05, 3.63) is 0 Å². The quantitative estimate of drug-likeness (QED) is 0.676. The van der Waals surface area contributed by atoms with E-state index in [0.717, 1.165) is 12.8 Å². The third-order valence-corrected chi connectivity index (χ3v) is 5.86. The standard InChI is InChI=1S/C14H29ClN2O2S/c1-12(2)9-17(10-13(3)4)20(18,19)16-7-5-6-14(8-15)11-16/h12-14H,5-11H2,1-4H3. The fourth-order valence-electron chi connectivity index (χ4n) is 2.60. The van der Waals surface area contributed by atoms with Gasteiger partial charge in [-0.2, -0.15) is 17.0 Å². The SMILES string of the molecule is CC(C)CN(CC(C)C)S(=O)(=O)N1CCCC(CCl)C1. The molecule has 1 fully saturated rings. The van der Waals surface area contributed by atoms with Gasteiger partial charge < -0.3 is 0 Å². The molecule has 1 heterocycles. The first-order valence-corrected chi connectivity index (χ1v) is 9.51. The van der Waals surface area contributed by atoms with Crippen LogP contribution in [-0.4, -0.2) is 49.1 Å². The highest BCUT2D eigenvalue weighted by Gasteiger charge is 2.33. The Labute approximate surface area is 129 Å². The molecule has 0 bridgehead atoms. The molecule has 0 aromatic rings. The van der Waals surface area contributed by atoms with E-state index in [1.54, 1.807) is 8.61 Å². The molecule has 0 saturated carbocycles. The van der Waals surface area contributed by atoms with Crippen LogP contribution in [0.25, 0.3) is 0 Å². The first-order valence-electron chi connectivity index (χ1n) is 7.58. The van der Waals surface area contributed by atoms with Crippen LogP contribution in [-0.2, 0) is 10.2 Å². The summed E-state index contributed by atoms with van der Waals surface area (Å²) in [5, 5.41) is 0. The molecule has 0 aromatic heterocycles. The van der Waals surface area contributed by atoms with Gasteiger partial charge in [0.2, 0.25) is 0 Å². The second-order valence-corrected chi connectivity index (χ2v) is 8.87. The van der Waals surface area contributed by atoms with Crippen LogP contribution in [0.2, 0.25) is 0 Å². The number of nitrogens with zero attached hydrogens (tertiary/aromatic N) is 2. The van der Waals surface area contributed by atoms with E-state index in [1.165, 1.54) is 0 Å². The highest BCUT2D eigenvalue weighted by molar-refractivity contribution is 7.86. The predicted molar refractivity (Wildman–Crippen MR) is 85.2 cm³/mol. The summed E-state index contributed by atoms with van der Waals surface area (Å²) < 4.78 is 28.9. The first-order chi connectivity index (χ1) is 9.27. The lowest BCUT2D eigenvalue weighted by Crippen LogP contribution is -2.50. The molecule has 1 rings (SSSR count). The molecule has 4 nitrogen and oxygen atoms in total. The monoisotopic (exact) mass is 324 g/mol. The normalized spacial score (nSPS) is 22.1. The minimum atomic E-state index is -3.35. The van der Waals surface area contributed by atoms with Crippen molar-refractivity contribution in [2.24, 2.45) is 17.8 Å². The third kappa shape index (κ3) is 5.17. The summed E-state index contributed by atoms with van der Waals surface area (Å²) in [6.07, 6.45) is 1.94. The van der Waals surface area contributed by atoms with Gasteiger partial charge in [0.25, 0.3) is 10.2 Å². The van der Waals surface area contributed by atoms with Crippen LogP contribution in [0.15, 0.2) is 0 Å². The van der Waals surface area contributed by atoms with Crippen molar-refractivity contribution >= 4 is 21.8 Å². The molecule has 0 amide bonds. The van der Waals surface area contributed by atoms with Crippen LogP contribution in [0.3, 0.4) is 0 Å². The molecule has 1 unspecified atom stereocenters. The summed E-state index contributed by atoms with van der Waals surface area (Å²) in [4.78, 5) is 0. The van der Waals surface area contributed by atoms with Gasteiger partial charge in [-0.25, -0.2) is 0 Å². The topological polar surface area (TPSA) is 40.6 Å². The van der Waals surface area contributed by atoms with E-state index in [9.17, 15) is 8.42 Å². The molecule has 0 spiro atoms. The summed E-state index contributed by atoms with van der Waals surface area (Å²) in [5.74, 6) is 1.50. The zero-order valence-corrected chi connectivity index (χ0v) is 14.8. The second-order valence-electron chi connectivity index (χ2n) is 6.63. The zero-order chi connectivity index (χ0) is 15.3. The van der Waals surface area contributed by atoms with E-state index in [1.807, 2.05) is 0 Å². The highest BCUT2D eigenvalue weighted by atomic mass is 35.5. The van der Waals surface area contributed by atoms with Crippen molar-refractivity contribution in [2.75, 3.05) is 32.1 Å². The minimum absolute atomic E-state index is 0.292. The van der Waals surface area contributed by atoms with Crippen LogP contribution in [0, 0.1) is 17.8 Å². The van der Waals surface area contributed by atoms with Gasteiger partial charge in [0, 0.05) is 32.1 Å². The molecule has 20 heavy (non-hydrogen) atoms. The Bertz CT molecular complexity index is 375. The van der Waals surface area contributed by atoms with Crippen LogP contribution in [0.5, 0.6) is 0 Å². The average Bonchev–Trinajstić information content (AvgIpc) is 2.37. The molecule has 0 aliphatic carbocycles. The maximum Gasteiger partial charge on any atom is 0.282 e. The maximum absolute atomic E-state index is 12.8. The van der Waals surface area contributed by atoms with Crippen molar-refractivity contribution in [3.8, 4) is 0 Å². The molecule has 1 saturated heterocycles. The summed E-state index contributed by atoms with van der Waals surface area (Å²) in [7, 11) is -3.35. The van der Waals surface area contributed by atoms with Gasteiger partial charge >= 0.3 is 0 Å². The lowest BCUT2D eigenvalue weighted by Gasteiger charge is -2.36. The Kier molecular flexibility index (Phi) is 7.25. The molecule has 1 aliphatic heterocycles. The number of halogens is 1. The van der Waals surface area contributed by atoms with Gasteiger partial charge in [0.05, 0.1) is 0 Å². The summed E-state index contributed by atoms with van der Waals surface area (Å²) in [6, 6.07) is 0. The average molecular weight is 325 g/mol. The van der Waals surface area contributed by atoms with Gasteiger partial charge in [-0.05, 0) is 30.6 Å². The molecular formula is C14H29ClN2O2S. The third-order valence-electron chi connectivity index (χ3n) is 3.49. The fourth-order valence-corrected chi connectivity index (χ4v) is 4.91. The number of alkyl halides is 1. The predicted octanol–water partition coefficient (Wildman–Crippen LogP) is 2.80. The van der Waals surface area contributed by atoms with E-state index < -0.39 is 10.2 Å². The van der Waals surface area contributed by atoms with E-state index in [4.69, 9.17) is 11.6 Å². The molecule has 1 atom stereocenters. The summed E-state index contributed by atoms with van der Waals surface area (Å²) >= 11 is 5.91. The van der Waals surface area contributed by atoms with Crippen molar-refractivity contribution < 1.29 is 8.42 Å².